The molecule has 7 atom stereocenters. The van der Waals surface area contributed by atoms with E-state index in [4.69, 9.17) is 9.47 Å². The summed E-state index contributed by atoms with van der Waals surface area (Å²) in [6.07, 6.45) is 6.29. The van der Waals surface area contributed by atoms with Gasteiger partial charge in [0.2, 0.25) is 0 Å². The van der Waals surface area contributed by atoms with E-state index in [0.717, 1.165) is 32.1 Å². The summed E-state index contributed by atoms with van der Waals surface area (Å²) >= 11 is 0. The summed E-state index contributed by atoms with van der Waals surface area (Å²) < 4.78 is 9.97. The number of hydrogen-bond donors (Lipinski definition) is 0. The molecule has 0 aromatic carbocycles. The fourth-order valence-electron chi connectivity index (χ4n) is 7.40. The van der Waals surface area contributed by atoms with Gasteiger partial charge in [-0.25, -0.2) is 0 Å². The standard InChI is InChI=1S/C23H36O5/c1-6-16-19(24)12-18-15-8-7-14(11-20(25)27-4)23(3,13-21(26)28-5)17(15)9-10-22(16,18)2/h14-18H,6-13H2,1-5H3/t14-,15+,16+,17-,18-,22+,23-/m0/s1. The number of methoxy groups -OCH3 is 2. The maximum atomic E-state index is 12.8. The van der Waals surface area contributed by atoms with Crippen LogP contribution in [0.25, 0.3) is 0 Å². The molecular formula is C23H36O5. The van der Waals surface area contributed by atoms with Gasteiger partial charge < -0.3 is 9.47 Å². The van der Waals surface area contributed by atoms with Crippen molar-refractivity contribution in [3.63, 3.8) is 0 Å². The van der Waals surface area contributed by atoms with Gasteiger partial charge in [-0.05, 0) is 66.6 Å². The molecule has 0 bridgehead atoms. The lowest BCUT2D eigenvalue weighted by Gasteiger charge is -2.58. The van der Waals surface area contributed by atoms with Crippen LogP contribution in [0.4, 0.5) is 0 Å². The molecule has 0 amide bonds. The van der Waals surface area contributed by atoms with Crippen LogP contribution >= 0.6 is 0 Å². The summed E-state index contributed by atoms with van der Waals surface area (Å²) in [6.45, 7) is 6.63. The molecule has 0 heterocycles. The molecular weight excluding hydrogens is 356 g/mol. The number of carbonyl (C=O) groups is 3. The van der Waals surface area contributed by atoms with Gasteiger partial charge in [0.15, 0.2) is 0 Å². The molecule has 3 rings (SSSR count). The van der Waals surface area contributed by atoms with E-state index in [1.54, 1.807) is 0 Å². The second-order valence-electron chi connectivity index (χ2n) is 9.87. The smallest absolute Gasteiger partial charge is 0.306 e. The molecule has 5 heteroatoms. The van der Waals surface area contributed by atoms with Crippen molar-refractivity contribution in [1.82, 2.24) is 0 Å². The molecule has 0 unspecified atom stereocenters. The van der Waals surface area contributed by atoms with E-state index in [1.807, 2.05) is 0 Å². The predicted molar refractivity (Wildman–Crippen MR) is 105 cm³/mol. The van der Waals surface area contributed by atoms with E-state index in [0.29, 0.717) is 42.8 Å². The van der Waals surface area contributed by atoms with Crippen LogP contribution in [0.2, 0.25) is 0 Å². The van der Waals surface area contributed by atoms with Crippen molar-refractivity contribution in [2.75, 3.05) is 14.2 Å². The maximum absolute atomic E-state index is 12.8. The Bertz CT molecular complexity index is 643. The normalized spacial score (nSPS) is 42.5. The zero-order valence-corrected chi connectivity index (χ0v) is 18.1. The minimum Gasteiger partial charge on any atom is -0.469 e. The van der Waals surface area contributed by atoms with Gasteiger partial charge in [-0.3, -0.25) is 14.4 Å². The van der Waals surface area contributed by atoms with E-state index in [-0.39, 0.29) is 34.6 Å². The summed E-state index contributed by atoms with van der Waals surface area (Å²) in [5, 5.41) is 0. The Kier molecular flexibility index (Phi) is 5.94. The number of rotatable bonds is 5. The molecule has 0 aliphatic heterocycles. The van der Waals surface area contributed by atoms with Crippen LogP contribution in [0.5, 0.6) is 0 Å². The highest BCUT2D eigenvalue weighted by Gasteiger charge is 2.61. The minimum atomic E-state index is -0.293. The lowest BCUT2D eigenvalue weighted by atomic mass is 9.46. The van der Waals surface area contributed by atoms with Crippen LogP contribution in [0.3, 0.4) is 0 Å². The van der Waals surface area contributed by atoms with E-state index in [9.17, 15) is 14.4 Å². The highest BCUT2D eigenvalue weighted by Crippen LogP contribution is 2.66. The number of carbonyl (C=O) groups excluding carboxylic acids is 3. The van der Waals surface area contributed by atoms with E-state index in [2.05, 4.69) is 20.8 Å². The van der Waals surface area contributed by atoms with Gasteiger partial charge in [-0.2, -0.15) is 0 Å². The van der Waals surface area contributed by atoms with E-state index in [1.165, 1.54) is 14.2 Å². The average molecular weight is 393 g/mol. The minimum absolute atomic E-state index is 0.0916. The second-order valence-corrected chi connectivity index (χ2v) is 9.87. The first-order chi connectivity index (χ1) is 13.2. The number of fused-ring (bicyclic) bond motifs is 3. The number of Topliss-reactive ketones (excluding diaryl/α,β-unsaturated/α-hetero) is 1. The van der Waals surface area contributed by atoms with Crippen LogP contribution in [0.15, 0.2) is 0 Å². The summed E-state index contributed by atoms with van der Waals surface area (Å²) in [5.74, 6) is 1.51. The second kappa shape index (κ2) is 7.79. The van der Waals surface area contributed by atoms with E-state index >= 15 is 0 Å². The Morgan fingerprint density at radius 1 is 1.04 bits per heavy atom. The Morgan fingerprint density at radius 3 is 2.32 bits per heavy atom. The Balaban J connectivity index is 1.92. The summed E-state index contributed by atoms with van der Waals surface area (Å²) in [5.41, 5.74) is -0.201. The maximum Gasteiger partial charge on any atom is 0.306 e. The largest absolute Gasteiger partial charge is 0.469 e. The van der Waals surface area contributed by atoms with Crippen molar-refractivity contribution >= 4 is 17.7 Å². The van der Waals surface area contributed by atoms with Gasteiger partial charge >= 0.3 is 11.9 Å². The van der Waals surface area contributed by atoms with Crippen LogP contribution in [-0.4, -0.2) is 31.9 Å². The third-order valence-corrected chi connectivity index (χ3v) is 8.91. The van der Waals surface area contributed by atoms with Gasteiger partial charge in [0.1, 0.15) is 5.78 Å². The number of ketones is 1. The van der Waals surface area contributed by atoms with Crippen LogP contribution in [-0.2, 0) is 23.9 Å². The van der Waals surface area contributed by atoms with Gasteiger partial charge in [0.25, 0.3) is 0 Å². The van der Waals surface area contributed by atoms with Gasteiger partial charge in [-0.15, -0.1) is 0 Å². The molecule has 3 saturated carbocycles. The molecule has 0 N–H and O–H groups in total. The highest BCUT2D eigenvalue weighted by atomic mass is 16.5. The predicted octanol–water partition coefficient (Wildman–Crippen LogP) is 4.18. The number of esters is 2. The molecule has 0 aromatic heterocycles. The Hall–Kier alpha value is -1.39. The van der Waals surface area contributed by atoms with Gasteiger partial charge in [-0.1, -0.05) is 20.8 Å². The van der Waals surface area contributed by atoms with Crippen LogP contribution in [0, 0.1) is 40.4 Å². The lowest BCUT2D eigenvalue weighted by molar-refractivity contribution is -0.158. The van der Waals surface area contributed by atoms with Crippen LogP contribution in [0.1, 0.15) is 72.1 Å². The van der Waals surface area contributed by atoms with Crippen molar-refractivity contribution in [2.45, 2.75) is 72.1 Å². The van der Waals surface area contributed by atoms with Gasteiger partial charge in [0.05, 0.1) is 20.6 Å². The molecule has 28 heavy (non-hydrogen) atoms. The molecule has 158 valence electrons. The molecule has 5 nitrogen and oxygen atoms in total. The third kappa shape index (κ3) is 3.29. The Labute approximate surface area is 168 Å². The molecule has 0 spiro atoms. The topological polar surface area (TPSA) is 69.7 Å². The molecule has 3 aliphatic rings. The molecule has 3 aliphatic carbocycles. The summed E-state index contributed by atoms with van der Waals surface area (Å²) in [7, 11) is 2.85. The van der Waals surface area contributed by atoms with E-state index < -0.39 is 0 Å². The molecule has 3 fully saturated rings. The van der Waals surface area contributed by atoms with Crippen LogP contribution < -0.4 is 0 Å². The summed E-state index contributed by atoms with van der Waals surface area (Å²) in [4.78, 5) is 37.1. The van der Waals surface area contributed by atoms with Crippen molar-refractivity contribution in [1.29, 1.82) is 0 Å². The Morgan fingerprint density at radius 2 is 1.71 bits per heavy atom. The molecule has 0 radical (unpaired) electrons. The average Bonchev–Trinajstić information content (AvgIpc) is 2.93. The first-order valence-corrected chi connectivity index (χ1v) is 10.9. The lowest BCUT2D eigenvalue weighted by Crippen LogP contribution is -2.53. The zero-order chi connectivity index (χ0) is 20.7. The monoisotopic (exact) mass is 392 g/mol. The number of ether oxygens (including phenoxy) is 2. The quantitative estimate of drug-likeness (QED) is 0.657. The van der Waals surface area contributed by atoms with Gasteiger partial charge in [0, 0.05) is 18.8 Å². The SMILES string of the molecule is CC[C@@H]1C(=O)C[C@H]2[C@@H]3CC[C@@H](CC(=O)OC)[C@](C)(CC(=O)OC)[C@H]3CC[C@]12C. The summed E-state index contributed by atoms with van der Waals surface area (Å²) in [6, 6.07) is 0. The first kappa shape index (κ1) is 21.3. The fraction of sp³-hybridized carbons (Fsp3) is 0.870. The first-order valence-electron chi connectivity index (χ1n) is 10.9. The van der Waals surface area contributed by atoms with Crippen molar-refractivity contribution in [3.05, 3.63) is 0 Å². The van der Waals surface area contributed by atoms with Crippen molar-refractivity contribution in [2.24, 2.45) is 40.4 Å². The molecule has 0 aromatic rings. The fourth-order valence-corrected chi connectivity index (χ4v) is 7.40. The van der Waals surface area contributed by atoms with Crippen molar-refractivity contribution in [3.8, 4) is 0 Å². The van der Waals surface area contributed by atoms with Crippen molar-refractivity contribution < 1.29 is 23.9 Å². The molecule has 0 saturated heterocycles. The zero-order valence-electron chi connectivity index (χ0n) is 18.1. The number of hydrogen-bond acceptors (Lipinski definition) is 5. The highest BCUT2D eigenvalue weighted by molar-refractivity contribution is 5.84. The third-order valence-electron chi connectivity index (χ3n) is 8.91.